The summed E-state index contributed by atoms with van der Waals surface area (Å²) < 4.78 is 34.6. The van der Waals surface area contributed by atoms with Crippen LogP contribution in [0.3, 0.4) is 0 Å². The molecular formula is C19H26F2N6O. The highest BCUT2D eigenvalue weighted by Gasteiger charge is 2.16. The Morgan fingerprint density at radius 3 is 2.89 bits per heavy atom. The Kier molecular flexibility index (Phi) is 6.91. The number of aryl methyl sites for hydroxylation is 1. The molecule has 152 valence electrons. The molecule has 7 nitrogen and oxygen atoms in total. The van der Waals surface area contributed by atoms with E-state index in [9.17, 15) is 8.78 Å². The van der Waals surface area contributed by atoms with Crippen molar-refractivity contribution in [3.63, 3.8) is 0 Å². The molecule has 1 aliphatic heterocycles. The minimum absolute atomic E-state index is 0.157. The summed E-state index contributed by atoms with van der Waals surface area (Å²) in [4.78, 5) is 4.55. The predicted octanol–water partition coefficient (Wildman–Crippen LogP) is 1.86. The smallest absolute Gasteiger partial charge is 0.191 e. The molecule has 1 atom stereocenters. The van der Waals surface area contributed by atoms with Crippen molar-refractivity contribution in [2.24, 2.45) is 12.0 Å². The molecule has 1 unspecified atom stereocenters. The number of ether oxygens (including phenoxy) is 1. The van der Waals surface area contributed by atoms with Crippen molar-refractivity contribution in [1.82, 2.24) is 25.4 Å². The van der Waals surface area contributed by atoms with Crippen LogP contribution in [0.25, 0.3) is 0 Å². The Bertz CT molecular complexity index is 817. The van der Waals surface area contributed by atoms with Crippen LogP contribution in [0.4, 0.5) is 8.78 Å². The Balaban J connectivity index is 1.60. The minimum atomic E-state index is -0.445. The summed E-state index contributed by atoms with van der Waals surface area (Å²) >= 11 is 0. The van der Waals surface area contributed by atoms with Crippen LogP contribution in [0.2, 0.25) is 0 Å². The van der Waals surface area contributed by atoms with E-state index in [4.69, 9.17) is 4.74 Å². The molecule has 0 amide bonds. The molecular weight excluding hydrogens is 366 g/mol. The van der Waals surface area contributed by atoms with Gasteiger partial charge in [0.05, 0.1) is 6.10 Å². The molecule has 0 spiro atoms. The van der Waals surface area contributed by atoms with E-state index in [0.29, 0.717) is 37.6 Å². The lowest BCUT2D eigenvalue weighted by Crippen LogP contribution is -2.42. The Labute approximate surface area is 163 Å². The molecule has 2 aromatic rings. The third kappa shape index (κ3) is 5.48. The second-order valence-corrected chi connectivity index (χ2v) is 6.82. The summed E-state index contributed by atoms with van der Waals surface area (Å²) in [6.07, 6.45) is 2.57. The van der Waals surface area contributed by atoms with Crippen molar-refractivity contribution < 1.29 is 13.5 Å². The first kappa shape index (κ1) is 20.2. The first-order valence-corrected chi connectivity index (χ1v) is 9.45. The zero-order valence-electron chi connectivity index (χ0n) is 16.2. The van der Waals surface area contributed by atoms with Crippen molar-refractivity contribution in [2.75, 3.05) is 19.7 Å². The van der Waals surface area contributed by atoms with Gasteiger partial charge in [-0.05, 0) is 49.9 Å². The van der Waals surface area contributed by atoms with Gasteiger partial charge in [-0.1, -0.05) is 0 Å². The Morgan fingerprint density at radius 1 is 1.32 bits per heavy atom. The largest absolute Gasteiger partial charge is 0.376 e. The third-order valence-electron chi connectivity index (χ3n) is 4.78. The van der Waals surface area contributed by atoms with Gasteiger partial charge in [0.25, 0.3) is 0 Å². The number of nitrogens with zero attached hydrogens (tertiary/aromatic N) is 4. The number of aromatic nitrogens is 3. The van der Waals surface area contributed by atoms with Crippen LogP contribution in [-0.2, 0) is 24.8 Å². The molecule has 9 heteroatoms. The molecule has 28 heavy (non-hydrogen) atoms. The number of benzene rings is 1. The van der Waals surface area contributed by atoms with Crippen LogP contribution in [0.15, 0.2) is 23.2 Å². The second kappa shape index (κ2) is 9.59. The molecule has 3 rings (SSSR count). The molecule has 1 saturated heterocycles. The second-order valence-electron chi connectivity index (χ2n) is 6.82. The summed E-state index contributed by atoms with van der Waals surface area (Å²) in [6.45, 7) is 4.06. The highest BCUT2D eigenvalue weighted by atomic mass is 19.1. The zero-order chi connectivity index (χ0) is 19.9. The molecule has 0 bridgehead atoms. The lowest BCUT2D eigenvalue weighted by atomic mass is 10.1. The van der Waals surface area contributed by atoms with E-state index in [-0.39, 0.29) is 6.10 Å². The SMILES string of the molecule is Cc1nnc(CN=C(NCCc2cc(F)ccc2F)NCC2CCCO2)n1C. The molecule has 1 fully saturated rings. The zero-order valence-corrected chi connectivity index (χ0v) is 16.2. The number of hydrogen-bond donors (Lipinski definition) is 2. The van der Waals surface area contributed by atoms with E-state index in [1.54, 1.807) is 0 Å². The first-order valence-electron chi connectivity index (χ1n) is 9.45. The predicted molar refractivity (Wildman–Crippen MR) is 102 cm³/mol. The molecule has 0 radical (unpaired) electrons. The van der Waals surface area contributed by atoms with Gasteiger partial charge in [-0.3, -0.25) is 0 Å². The van der Waals surface area contributed by atoms with Gasteiger partial charge in [0.1, 0.15) is 24.0 Å². The third-order valence-corrected chi connectivity index (χ3v) is 4.78. The molecule has 2 heterocycles. The van der Waals surface area contributed by atoms with E-state index < -0.39 is 11.6 Å². The van der Waals surface area contributed by atoms with Crippen molar-refractivity contribution in [3.05, 3.63) is 47.0 Å². The molecule has 2 N–H and O–H groups in total. The molecule has 0 saturated carbocycles. The van der Waals surface area contributed by atoms with Crippen LogP contribution in [-0.4, -0.2) is 46.5 Å². The monoisotopic (exact) mass is 392 g/mol. The van der Waals surface area contributed by atoms with Crippen molar-refractivity contribution in [1.29, 1.82) is 0 Å². The normalized spacial score (nSPS) is 17.1. The Hall–Kier alpha value is -2.55. The standard InChI is InChI=1S/C19H26F2N6O/c1-13-25-26-18(27(13)2)12-24-19(23-11-16-4-3-9-28-16)22-8-7-14-10-15(20)5-6-17(14)21/h5-6,10,16H,3-4,7-9,11-12H2,1-2H3,(H2,22,23,24). The fourth-order valence-corrected chi connectivity index (χ4v) is 2.98. The first-order chi connectivity index (χ1) is 13.5. The molecule has 0 aliphatic carbocycles. The van der Waals surface area contributed by atoms with E-state index >= 15 is 0 Å². The van der Waals surface area contributed by atoms with Gasteiger partial charge < -0.3 is 19.9 Å². The summed E-state index contributed by atoms with van der Waals surface area (Å²) in [5, 5.41) is 14.6. The number of hydrogen-bond acceptors (Lipinski definition) is 4. The van der Waals surface area contributed by atoms with Crippen LogP contribution in [0.5, 0.6) is 0 Å². The topological polar surface area (TPSA) is 76.4 Å². The van der Waals surface area contributed by atoms with Gasteiger partial charge in [0.15, 0.2) is 11.8 Å². The quantitative estimate of drug-likeness (QED) is 0.556. The van der Waals surface area contributed by atoms with Crippen LogP contribution < -0.4 is 10.6 Å². The van der Waals surface area contributed by atoms with E-state index in [1.165, 1.54) is 6.07 Å². The van der Waals surface area contributed by atoms with E-state index in [0.717, 1.165) is 43.2 Å². The summed E-state index contributed by atoms with van der Waals surface area (Å²) in [5.41, 5.74) is 0.329. The number of halogens is 2. The van der Waals surface area contributed by atoms with Gasteiger partial charge in [0.2, 0.25) is 0 Å². The average molecular weight is 392 g/mol. The number of nitrogens with one attached hydrogen (secondary N) is 2. The maximum absolute atomic E-state index is 13.8. The fourth-order valence-electron chi connectivity index (χ4n) is 2.98. The van der Waals surface area contributed by atoms with Gasteiger partial charge in [-0.25, -0.2) is 13.8 Å². The van der Waals surface area contributed by atoms with Crippen molar-refractivity contribution >= 4 is 5.96 Å². The van der Waals surface area contributed by atoms with Gasteiger partial charge in [-0.15, -0.1) is 10.2 Å². The fraction of sp³-hybridized carbons (Fsp3) is 0.526. The lowest BCUT2D eigenvalue weighted by Gasteiger charge is -2.16. The summed E-state index contributed by atoms with van der Waals surface area (Å²) in [6, 6.07) is 3.48. The van der Waals surface area contributed by atoms with Gasteiger partial charge >= 0.3 is 0 Å². The van der Waals surface area contributed by atoms with Gasteiger partial charge in [0, 0.05) is 26.7 Å². The average Bonchev–Trinajstić information content (AvgIpc) is 3.31. The van der Waals surface area contributed by atoms with E-state index in [1.807, 2.05) is 18.5 Å². The maximum Gasteiger partial charge on any atom is 0.191 e. The minimum Gasteiger partial charge on any atom is -0.376 e. The van der Waals surface area contributed by atoms with E-state index in [2.05, 4.69) is 25.8 Å². The number of aliphatic imine (C=N–C) groups is 1. The molecule has 1 aliphatic rings. The van der Waals surface area contributed by atoms with Crippen LogP contribution >= 0.6 is 0 Å². The summed E-state index contributed by atoms with van der Waals surface area (Å²) in [7, 11) is 1.89. The lowest BCUT2D eigenvalue weighted by molar-refractivity contribution is 0.114. The Morgan fingerprint density at radius 2 is 2.18 bits per heavy atom. The highest BCUT2D eigenvalue weighted by molar-refractivity contribution is 5.79. The van der Waals surface area contributed by atoms with Crippen molar-refractivity contribution in [3.8, 4) is 0 Å². The van der Waals surface area contributed by atoms with Crippen LogP contribution in [0.1, 0.15) is 30.1 Å². The maximum atomic E-state index is 13.8. The molecule has 1 aromatic heterocycles. The molecule has 1 aromatic carbocycles. The number of guanidine groups is 1. The van der Waals surface area contributed by atoms with Crippen LogP contribution in [0, 0.1) is 18.6 Å². The highest BCUT2D eigenvalue weighted by Crippen LogP contribution is 2.11. The van der Waals surface area contributed by atoms with Crippen molar-refractivity contribution in [2.45, 2.75) is 38.8 Å². The van der Waals surface area contributed by atoms with Gasteiger partial charge in [-0.2, -0.15) is 0 Å². The summed E-state index contributed by atoms with van der Waals surface area (Å²) in [5.74, 6) is 1.27. The number of rotatable bonds is 7.